The van der Waals surface area contributed by atoms with E-state index < -0.39 is 10.0 Å². The lowest BCUT2D eigenvalue weighted by molar-refractivity contribution is -0.113. The molecule has 2 aromatic carbocycles. The molecule has 1 aromatic heterocycles. The molecule has 2 heterocycles. The average Bonchev–Trinajstić information content (AvgIpc) is 3.30. The summed E-state index contributed by atoms with van der Waals surface area (Å²) in [5.41, 5.74) is 2.81. The van der Waals surface area contributed by atoms with Gasteiger partial charge in [-0.25, -0.2) is 17.8 Å². The molecule has 6 nitrogen and oxygen atoms in total. The Morgan fingerprint density at radius 1 is 1.09 bits per heavy atom. The predicted octanol–water partition coefficient (Wildman–Crippen LogP) is 4.51. The lowest BCUT2D eigenvalue weighted by atomic mass is 10.1. The average molecular weight is 474 g/mol. The molecule has 1 amide bonds. The van der Waals surface area contributed by atoms with E-state index in [2.05, 4.69) is 10.3 Å². The van der Waals surface area contributed by atoms with Crippen LogP contribution in [0.5, 0.6) is 0 Å². The Bertz CT molecular complexity index is 1290. The van der Waals surface area contributed by atoms with Crippen LogP contribution in [0.1, 0.15) is 24.0 Å². The molecule has 0 spiro atoms. The van der Waals surface area contributed by atoms with E-state index in [0.717, 1.165) is 23.8 Å². The van der Waals surface area contributed by atoms with E-state index >= 15 is 0 Å². The van der Waals surface area contributed by atoms with E-state index in [0.29, 0.717) is 34.9 Å². The molecular formula is C23H24FN3O3S2. The van der Waals surface area contributed by atoms with Gasteiger partial charge in [0.2, 0.25) is 15.9 Å². The molecule has 0 atom stereocenters. The SMILES string of the molecule is Cc1cc(F)ccc1NC(=O)CSc1cc(C)c2cc(S(=O)(=O)N3CCCC3)ccc2n1. The maximum absolute atomic E-state index is 13.2. The van der Waals surface area contributed by atoms with Crippen LogP contribution in [0, 0.1) is 19.7 Å². The number of sulfonamides is 1. The second-order valence-corrected chi connectivity index (χ2v) is 10.8. The van der Waals surface area contributed by atoms with Gasteiger partial charge < -0.3 is 5.32 Å². The Balaban J connectivity index is 1.49. The van der Waals surface area contributed by atoms with Gasteiger partial charge in [-0.3, -0.25) is 4.79 Å². The van der Waals surface area contributed by atoms with Crippen molar-refractivity contribution in [3.63, 3.8) is 0 Å². The van der Waals surface area contributed by atoms with Gasteiger partial charge in [0, 0.05) is 24.2 Å². The molecule has 9 heteroatoms. The largest absolute Gasteiger partial charge is 0.325 e. The second kappa shape index (κ2) is 9.17. The first-order valence-electron chi connectivity index (χ1n) is 10.3. The van der Waals surface area contributed by atoms with Crippen molar-refractivity contribution in [3.8, 4) is 0 Å². The Kier molecular flexibility index (Phi) is 6.50. The monoisotopic (exact) mass is 473 g/mol. The minimum absolute atomic E-state index is 0.149. The molecule has 0 unspecified atom stereocenters. The van der Waals surface area contributed by atoms with E-state index in [9.17, 15) is 17.6 Å². The molecule has 0 saturated carbocycles. The van der Waals surface area contributed by atoms with Crippen LogP contribution >= 0.6 is 11.8 Å². The van der Waals surface area contributed by atoms with Crippen LogP contribution in [0.15, 0.2) is 52.4 Å². The van der Waals surface area contributed by atoms with Gasteiger partial charge in [0.1, 0.15) is 5.82 Å². The van der Waals surface area contributed by atoms with Crippen molar-refractivity contribution in [3.05, 3.63) is 59.4 Å². The van der Waals surface area contributed by atoms with Gasteiger partial charge in [0.15, 0.2) is 0 Å². The summed E-state index contributed by atoms with van der Waals surface area (Å²) < 4.78 is 40.5. The summed E-state index contributed by atoms with van der Waals surface area (Å²) in [7, 11) is -3.49. The van der Waals surface area contributed by atoms with Crippen molar-refractivity contribution in [2.45, 2.75) is 36.6 Å². The fourth-order valence-corrected chi connectivity index (χ4v) is 6.07. The quantitative estimate of drug-likeness (QED) is 0.533. The molecule has 4 rings (SSSR count). The third kappa shape index (κ3) is 4.79. The highest BCUT2D eigenvalue weighted by Gasteiger charge is 2.27. The highest BCUT2D eigenvalue weighted by atomic mass is 32.2. The zero-order chi connectivity index (χ0) is 22.9. The van der Waals surface area contributed by atoms with Gasteiger partial charge in [-0.2, -0.15) is 4.31 Å². The minimum atomic E-state index is -3.49. The smallest absolute Gasteiger partial charge is 0.243 e. The maximum atomic E-state index is 13.2. The summed E-state index contributed by atoms with van der Waals surface area (Å²) >= 11 is 1.29. The fourth-order valence-electron chi connectivity index (χ4n) is 3.75. The number of nitrogens with one attached hydrogen (secondary N) is 1. The molecule has 1 aliphatic rings. The maximum Gasteiger partial charge on any atom is 0.243 e. The third-order valence-corrected chi connectivity index (χ3v) is 8.29. The normalized spacial score (nSPS) is 14.7. The number of pyridine rings is 1. The lowest BCUT2D eigenvalue weighted by Crippen LogP contribution is -2.27. The first kappa shape index (κ1) is 22.7. The summed E-state index contributed by atoms with van der Waals surface area (Å²) in [5, 5.41) is 4.24. The minimum Gasteiger partial charge on any atom is -0.325 e. The molecule has 1 fully saturated rings. The number of halogens is 1. The van der Waals surface area contributed by atoms with Crippen LogP contribution in [0.4, 0.5) is 10.1 Å². The molecule has 0 aliphatic carbocycles. The summed E-state index contributed by atoms with van der Waals surface area (Å²) in [6, 6.07) is 11.1. The molecule has 0 bridgehead atoms. The number of aromatic nitrogens is 1. The standard InChI is InChI=1S/C23H24FN3O3S2/c1-15-12-23(31-14-22(28)25-20-7-5-17(24)11-16(20)2)26-21-8-6-18(13-19(15)21)32(29,30)27-9-3-4-10-27/h5-8,11-13H,3-4,9-10,14H2,1-2H3,(H,25,28). The fraction of sp³-hybridized carbons (Fsp3) is 0.304. The Morgan fingerprint density at radius 2 is 1.84 bits per heavy atom. The number of rotatable bonds is 6. The second-order valence-electron chi connectivity index (χ2n) is 7.86. The number of benzene rings is 2. The number of amides is 1. The van der Waals surface area contributed by atoms with Crippen LogP contribution in [0.2, 0.25) is 0 Å². The topological polar surface area (TPSA) is 79.4 Å². The van der Waals surface area contributed by atoms with Crippen LogP contribution in [-0.2, 0) is 14.8 Å². The molecule has 32 heavy (non-hydrogen) atoms. The zero-order valence-electron chi connectivity index (χ0n) is 17.9. The summed E-state index contributed by atoms with van der Waals surface area (Å²) in [5.74, 6) is -0.408. The number of aryl methyl sites for hydroxylation is 2. The zero-order valence-corrected chi connectivity index (χ0v) is 19.5. The first-order chi connectivity index (χ1) is 15.2. The summed E-state index contributed by atoms with van der Waals surface area (Å²) in [6.07, 6.45) is 1.78. The molecular weight excluding hydrogens is 449 g/mol. The number of hydrogen-bond donors (Lipinski definition) is 1. The van der Waals surface area contributed by atoms with Crippen LogP contribution in [-0.4, -0.2) is 42.5 Å². The van der Waals surface area contributed by atoms with E-state index in [4.69, 9.17) is 0 Å². The van der Waals surface area contributed by atoms with E-state index in [-0.39, 0.29) is 22.4 Å². The number of hydrogen-bond acceptors (Lipinski definition) is 5. The Hall–Kier alpha value is -2.49. The van der Waals surface area contributed by atoms with Gasteiger partial charge >= 0.3 is 0 Å². The van der Waals surface area contributed by atoms with Crippen molar-refractivity contribution in [1.82, 2.24) is 9.29 Å². The van der Waals surface area contributed by atoms with Crippen LogP contribution in [0.25, 0.3) is 10.9 Å². The first-order valence-corrected chi connectivity index (χ1v) is 12.8. The highest BCUT2D eigenvalue weighted by molar-refractivity contribution is 7.99. The molecule has 168 valence electrons. The van der Waals surface area contributed by atoms with Gasteiger partial charge in [0.05, 0.1) is 21.2 Å². The van der Waals surface area contributed by atoms with Crippen LogP contribution in [0.3, 0.4) is 0 Å². The Morgan fingerprint density at radius 3 is 2.56 bits per heavy atom. The number of anilines is 1. The van der Waals surface area contributed by atoms with Crippen molar-refractivity contribution in [2.75, 3.05) is 24.2 Å². The summed E-state index contributed by atoms with van der Waals surface area (Å²) in [6.45, 7) is 4.76. The lowest BCUT2D eigenvalue weighted by Gasteiger charge is -2.16. The van der Waals surface area contributed by atoms with E-state index in [1.54, 1.807) is 31.2 Å². The third-order valence-electron chi connectivity index (χ3n) is 5.48. The molecule has 1 saturated heterocycles. The van der Waals surface area contributed by atoms with E-state index in [1.165, 1.54) is 28.2 Å². The van der Waals surface area contributed by atoms with E-state index in [1.807, 2.05) is 13.0 Å². The van der Waals surface area contributed by atoms with Gasteiger partial charge in [-0.15, -0.1) is 0 Å². The van der Waals surface area contributed by atoms with Gasteiger partial charge in [-0.05, 0) is 80.3 Å². The number of thioether (sulfide) groups is 1. The highest BCUT2D eigenvalue weighted by Crippen LogP contribution is 2.28. The molecule has 1 N–H and O–H groups in total. The molecule has 0 radical (unpaired) electrons. The number of nitrogens with zero attached hydrogens (tertiary/aromatic N) is 2. The summed E-state index contributed by atoms with van der Waals surface area (Å²) in [4.78, 5) is 17.2. The number of carbonyl (C=O) groups excluding carboxylic acids is 1. The van der Waals surface area contributed by atoms with Crippen LogP contribution < -0.4 is 5.32 Å². The molecule has 1 aliphatic heterocycles. The van der Waals surface area contributed by atoms with Crippen molar-refractivity contribution >= 4 is 44.3 Å². The Labute approximate surface area is 191 Å². The van der Waals surface area contributed by atoms with Gasteiger partial charge in [-0.1, -0.05) is 11.8 Å². The van der Waals surface area contributed by atoms with Crippen molar-refractivity contribution in [1.29, 1.82) is 0 Å². The van der Waals surface area contributed by atoms with Crippen molar-refractivity contribution in [2.24, 2.45) is 0 Å². The van der Waals surface area contributed by atoms with Gasteiger partial charge in [0.25, 0.3) is 0 Å². The number of carbonyl (C=O) groups is 1. The molecule has 3 aromatic rings. The predicted molar refractivity (Wildman–Crippen MR) is 125 cm³/mol. The van der Waals surface area contributed by atoms with Crippen molar-refractivity contribution < 1.29 is 17.6 Å². The number of fused-ring (bicyclic) bond motifs is 1.